The van der Waals surface area contributed by atoms with Crippen molar-refractivity contribution in [1.82, 2.24) is 5.32 Å². The first-order valence-corrected chi connectivity index (χ1v) is 7.47. The van der Waals surface area contributed by atoms with Crippen LogP contribution in [0.2, 0.25) is 0 Å². The highest BCUT2D eigenvalue weighted by Gasteiger charge is 2.03. The van der Waals surface area contributed by atoms with Crippen LogP contribution in [-0.2, 0) is 17.9 Å². The molecule has 2 nitrogen and oxygen atoms in total. The van der Waals surface area contributed by atoms with E-state index in [-0.39, 0.29) is 6.10 Å². The summed E-state index contributed by atoms with van der Waals surface area (Å²) in [4.78, 5) is 2.66. The van der Waals surface area contributed by atoms with Crippen LogP contribution in [0.25, 0.3) is 0 Å². The molecule has 2 heterocycles. The molecule has 0 aliphatic carbocycles. The first-order chi connectivity index (χ1) is 8.34. The van der Waals surface area contributed by atoms with Gasteiger partial charge in [-0.25, -0.2) is 0 Å². The molecule has 4 heteroatoms. The molecule has 0 spiro atoms. The highest BCUT2D eigenvalue weighted by molar-refractivity contribution is 7.10. The summed E-state index contributed by atoms with van der Waals surface area (Å²) >= 11 is 3.53. The fraction of sp³-hybridized carbons (Fsp3) is 0.385. The van der Waals surface area contributed by atoms with E-state index >= 15 is 0 Å². The zero-order valence-electron chi connectivity index (χ0n) is 9.89. The maximum atomic E-state index is 5.76. The van der Waals surface area contributed by atoms with Crippen LogP contribution in [0.1, 0.15) is 16.7 Å². The molecule has 0 bridgehead atoms. The topological polar surface area (TPSA) is 21.3 Å². The van der Waals surface area contributed by atoms with Gasteiger partial charge in [0.1, 0.15) is 0 Å². The van der Waals surface area contributed by atoms with Crippen molar-refractivity contribution in [2.24, 2.45) is 0 Å². The summed E-state index contributed by atoms with van der Waals surface area (Å²) in [7, 11) is 0. The molecule has 2 aromatic rings. The maximum absolute atomic E-state index is 5.76. The lowest BCUT2D eigenvalue weighted by Gasteiger charge is -2.12. The van der Waals surface area contributed by atoms with Gasteiger partial charge < -0.3 is 10.1 Å². The fourth-order valence-corrected chi connectivity index (χ4v) is 2.79. The van der Waals surface area contributed by atoms with Crippen LogP contribution in [0.3, 0.4) is 0 Å². The first kappa shape index (κ1) is 12.8. The van der Waals surface area contributed by atoms with Crippen molar-refractivity contribution in [1.29, 1.82) is 0 Å². The largest absolute Gasteiger partial charge is 0.372 e. The Bertz CT molecular complexity index is 397. The molecule has 2 aromatic heterocycles. The third-order valence-electron chi connectivity index (χ3n) is 2.40. The molecule has 0 aliphatic rings. The molecule has 0 aliphatic heterocycles. The van der Waals surface area contributed by atoms with Crippen molar-refractivity contribution in [3.8, 4) is 0 Å². The highest BCUT2D eigenvalue weighted by atomic mass is 32.1. The quantitative estimate of drug-likeness (QED) is 0.829. The Labute approximate surface area is 110 Å². The summed E-state index contributed by atoms with van der Waals surface area (Å²) in [6.07, 6.45) is 0.247. The van der Waals surface area contributed by atoms with Crippen LogP contribution >= 0.6 is 22.7 Å². The summed E-state index contributed by atoms with van der Waals surface area (Å²) in [6.45, 7) is 4.65. The van der Waals surface area contributed by atoms with Gasteiger partial charge in [-0.2, -0.15) is 0 Å². The van der Waals surface area contributed by atoms with Gasteiger partial charge >= 0.3 is 0 Å². The highest BCUT2D eigenvalue weighted by Crippen LogP contribution is 2.11. The lowest BCUT2D eigenvalue weighted by Crippen LogP contribution is -2.26. The fourth-order valence-electron chi connectivity index (χ4n) is 1.49. The minimum Gasteiger partial charge on any atom is -0.372 e. The molecular formula is C13H17NOS2. The average molecular weight is 267 g/mol. The smallest absolute Gasteiger partial charge is 0.0813 e. The third-order valence-corrected chi connectivity index (χ3v) is 4.13. The van der Waals surface area contributed by atoms with Gasteiger partial charge in [0.2, 0.25) is 0 Å². The second-order valence-electron chi connectivity index (χ2n) is 3.91. The van der Waals surface area contributed by atoms with E-state index in [2.05, 4.69) is 47.3 Å². The number of ether oxygens (including phenoxy) is 1. The average Bonchev–Trinajstić information content (AvgIpc) is 2.99. The standard InChI is InChI=1S/C13H17NOS2/c1-11(15-10-13-5-3-7-17-13)8-14-9-12-4-2-6-16-12/h2-7,11,14H,8-10H2,1H3. The van der Waals surface area contributed by atoms with Gasteiger partial charge in [-0.15, -0.1) is 22.7 Å². The molecule has 0 saturated carbocycles. The number of hydrogen-bond acceptors (Lipinski definition) is 4. The van der Waals surface area contributed by atoms with E-state index in [1.54, 1.807) is 22.7 Å². The van der Waals surface area contributed by atoms with Crippen molar-refractivity contribution in [3.63, 3.8) is 0 Å². The Balaban J connectivity index is 1.59. The molecule has 2 rings (SSSR count). The maximum Gasteiger partial charge on any atom is 0.0813 e. The second-order valence-corrected chi connectivity index (χ2v) is 5.98. The summed E-state index contributed by atoms with van der Waals surface area (Å²) in [5.74, 6) is 0. The molecule has 1 atom stereocenters. The lowest BCUT2D eigenvalue weighted by atomic mass is 10.4. The first-order valence-electron chi connectivity index (χ1n) is 5.71. The predicted molar refractivity (Wildman–Crippen MR) is 74.6 cm³/mol. The van der Waals surface area contributed by atoms with E-state index in [4.69, 9.17) is 4.74 Å². The molecule has 0 amide bonds. The Kier molecular flexibility index (Phi) is 5.19. The normalized spacial score (nSPS) is 12.8. The summed E-state index contributed by atoms with van der Waals surface area (Å²) in [5, 5.41) is 7.59. The molecule has 0 aromatic carbocycles. The van der Waals surface area contributed by atoms with Crippen molar-refractivity contribution in [2.45, 2.75) is 26.2 Å². The van der Waals surface area contributed by atoms with E-state index in [0.29, 0.717) is 0 Å². The van der Waals surface area contributed by atoms with Crippen molar-refractivity contribution in [3.05, 3.63) is 44.8 Å². The minimum absolute atomic E-state index is 0.247. The predicted octanol–water partition coefficient (Wildman–Crippen LogP) is 3.50. The van der Waals surface area contributed by atoms with Gasteiger partial charge in [0.25, 0.3) is 0 Å². The van der Waals surface area contributed by atoms with Gasteiger partial charge in [0, 0.05) is 22.8 Å². The number of nitrogens with one attached hydrogen (secondary N) is 1. The van der Waals surface area contributed by atoms with Crippen LogP contribution in [0.5, 0.6) is 0 Å². The Morgan fingerprint density at radius 3 is 2.53 bits per heavy atom. The van der Waals surface area contributed by atoms with Crippen LogP contribution in [0, 0.1) is 0 Å². The van der Waals surface area contributed by atoms with Crippen LogP contribution in [-0.4, -0.2) is 12.6 Å². The van der Waals surface area contributed by atoms with E-state index < -0.39 is 0 Å². The molecule has 0 radical (unpaired) electrons. The van der Waals surface area contributed by atoms with Gasteiger partial charge in [-0.05, 0) is 29.8 Å². The van der Waals surface area contributed by atoms with Crippen LogP contribution in [0.15, 0.2) is 35.0 Å². The van der Waals surface area contributed by atoms with E-state index in [0.717, 1.165) is 19.7 Å². The van der Waals surface area contributed by atoms with Crippen LogP contribution in [0.4, 0.5) is 0 Å². The Morgan fingerprint density at radius 2 is 1.88 bits per heavy atom. The van der Waals surface area contributed by atoms with Gasteiger partial charge in [0.05, 0.1) is 12.7 Å². The zero-order valence-corrected chi connectivity index (χ0v) is 11.5. The summed E-state index contributed by atoms with van der Waals surface area (Å²) < 4.78 is 5.76. The Hall–Kier alpha value is -0.680. The SMILES string of the molecule is CC(CNCc1cccs1)OCc1cccs1. The van der Waals surface area contributed by atoms with Gasteiger partial charge in [-0.1, -0.05) is 12.1 Å². The van der Waals surface area contributed by atoms with E-state index in [1.165, 1.54) is 9.75 Å². The molecule has 0 fully saturated rings. The Morgan fingerprint density at radius 1 is 1.18 bits per heavy atom. The molecular weight excluding hydrogens is 250 g/mol. The van der Waals surface area contributed by atoms with Crippen molar-refractivity contribution in [2.75, 3.05) is 6.54 Å². The second kappa shape index (κ2) is 6.91. The van der Waals surface area contributed by atoms with Gasteiger partial charge in [-0.3, -0.25) is 0 Å². The van der Waals surface area contributed by atoms with Crippen molar-refractivity contribution >= 4 is 22.7 Å². The van der Waals surface area contributed by atoms with E-state index in [1.807, 2.05) is 0 Å². The monoisotopic (exact) mass is 267 g/mol. The van der Waals surface area contributed by atoms with Crippen LogP contribution < -0.4 is 5.32 Å². The number of rotatable bonds is 7. The van der Waals surface area contributed by atoms with Gasteiger partial charge in [0.15, 0.2) is 0 Å². The lowest BCUT2D eigenvalue weighted by molar-refractivity contribution is 0.0547. The number of thiophene rings is 2. The third kappa shape index (κ3) is 4.60. The molecule has 92 valence electrons. The molecule has 17 heavy (non-hydrogen) atoms. The summed E-state index contributed by atoms with van der Waals surface area (Å²) in [6, 6.07) is 8.40. The number of hydrogen-bond donors (Lipinski definition) is 1. The minimum atomic E-state index is 0.247. The molecule has 1 unspecified atom stereocenters. The molecule has 1 N–H and O–H groups in total. The summed E-state index contributed by atoms with van der Waals surface area (Å²) in [5.41, 5.74) is 0. The van der Waals surface area contributed by atoms with E-state index in [9.17, 15) is 0 Å². The molecule has 0 saturated heterocycles. The van der Waals surface area contributed by atoms with Crippen molar-refractivity contribution < 1.29 is 4.74 Å². The zero-order chi connectivity index (χ0) is 11.9.